The zero-order valence-electron chi connectivity index (χ0n) is 30.8. The number of fused-ring (bicyclic) bond motifs is 13. The first-order valence-corrected chi connectivity index (χ1v) is 21.1. The second-order valence-electron chi connectivity index (χ2n) is 15.1. The van der Waals surface area contributed by atoms with Crippen LogP contribution in [0.1, 0.15) is 0 Å². The fourth-order valence-electron chi connectivity index (χ4n) is 9.10. The Morgan fingerprint density at radius 1 is 0.368 bits per heavy atom. The number of imidazole rings is 1. The van der Waals surface area contributed by atoms with Gasteiger partial charge in [0.15, 0.2) is 7.14 Å². The summed E-state index contributed by atoms with van der Waals surface area (Å²) >= 11 is 0. The molecule has 0 aliphatic carbocycles. The molecule has 12 aromatic rings. The van der Waals surface area contributed by atoms with Crippen LogP contribution >= 0.6 is 7.14 Å². The zero-order chi connectivity index (χ0) is 37.7. The van der Waals surface area contributed by atoms with E-state index in [0.29, 0.717) is 0 Å². The van der Waals surface area contributed by atoms with Crippen molar-refractivity contribution in [3.05, 3.63) is 200 Å². The SMILES string of the molecule is O=P(c1ccc2ccccc2c1)(c1ccc2ccccc2c1)c1ccc2cc(-c3ccc4c(c3)c3ccc5ccccc5c3c3nc5ccccc5n43)ccc2c1. The van der Waals surface area contributed by atoms with Crippen molar-refractivity contribution in [1.82, 2.24) is 9.38 Å². The maximum absolute atomic E-state index is 15.9. The summed E-state index contributed by atoms with van der Waals surface area (Å²) in [6, 6.07) is 70.5. The number of pyridine rings is 1. The van der Waals surface area contributed by atoms with Crippen LogP contribution in [0.4, 0.5) is 0 Å². The number of hydrogen-bond acceptors (Lipinski definition) is 2. The summed E-state index contributed by atoms with van der Waals surface area (Å²) in [5.74, 6) is 0. The molecule has 0 amide bonds. The van der Waals surface area contributed by atoms with Crippen LogP contribution in [-0.2, 0) is 4.57 Å². The minimum atomic E-state index is -3.27. The van der Waals surface area contributed by atoms with Gasteiger partial charge in [-0.1, -0.05) is 152 Å². The second-order valence-corrected chi connectivity index (χ2v) is 17.9. The van der Waals surface area contributed by atoms with Gasteiger partial charge in [0.2, 0.25) is 0 Å². The van der Waals surface area contributed by atoms with Gasteiger partial charge in [0.05, 0.1) is 16.6 Å². The molecule has 12 rings (SSSR count). The predicted molar refractivity (Wildman–Crippen MR) is 243 cm³/mol. The smallest absolute Gasteiger partial charge is 0.171 e. The molecule has 0 bridgehead atoms. The maximum atomic E-state index is 15.9. The maximum Gasteiger partial charge on any atom is 0.171 e. The Morgan fingerprint density at radius 3 is 1.60 bits per heavy atom. The van der Waals surface area contributed by atoms with Crippen LogP contribution < -0.4 is 15.9 Å². The molecule has 0 atom stereocenters. The predicted octanol–water partition coefficient (Wildman–Crippen LogP) is 12.7. The third kappa shape index (κ3) is 4.86. The highest BCUT2D eigenvalue weighted by atomic mass is 31.2. The number of para-hydroxylation sites is 2. The Hall–Kier alpha value is -7.06. The molecule has 0 unspecified atom stereocenters. The number of benzene rings is 10. The first-order chi connectivity index (χ1) is 28.1. The lowest BCUT2D eigenvalue weighted by atomic mass is 9.96. The van der Waals surface area contributed by atoms with E-state index >= 15 is 4.57 Å². The van der Waals surface area contributed by atoms with Gasteiger partial charge in [-0.3, -0.25) is 4.40 Å². The first kappa shape index (κ1) is 32.2. The van der Waals surface area contributed by atoms with E-state index in [9.17, 15) is 0 Å². The molecule has 4 heteroatoms. The van der Waals surface area contributed by atoms with Gasteiger partial charge >= 0.3 is 0 Å². The molecule has 57 heavy (non-hydrogen) atoms. The van der Waals surface area contributed by atoms with Gasteiger partial charge in [0, 0.05) is 26.7 Å². The van der Waals surface area contributed by atoms with E-state index in [-0.39, 0.29) is 0 Å². The average molecular weight is 745 g/mol. The molecular formula is C53H33N2OP. The second kappa shape index (κ2) is 12.2. The molecule has 0 saturated heterocycles. The topological polar surface area (TPSA) is 34.4 Å². The van der Waals surface area contributed by atoms with Crippen molar-refractivity contribution in [1.29, 1.82) is 0 Å². The van der Waals surface area contributed by atoms with E-state index in [0.717, 1.165) is 81.6 Å². The molecule has 0 radical (unpaired) electrons. The number of nitrogens with zero attached hydrogens (tertiary/aromatic N) is 2. The van der Waals surface area contributed by atoms with Crippen LogP contribution in [0.2, 0.25) is 0 Å². The van der Waals surface area contributed by atoms with Crippen LogP contribution in [0.15, 0.2) is 200 Å². The van der Waals surface area contributed by atoms with Gasteiger partial charge in [0.1, 0.15) is 5.65 Å². The van der Waals surface area contributed by atoms with Gasteiger partial charge in [-0.25, -0.2) is 4.98 Å². The fraction of sp³-hybridized carbons (Fsp3) is 0. The molecule has 0 aliphatic rings. The van der Waals surface area contributed by atoms with Crippen molar-refractivity contribution in [3.63, 3.8) is 0 Å². The van der Waals surface area contributed by atoms with E-state index in [1.807, 2.05) is 24.3 Å². The average Bonchev–Trinajstić information content (AvgIpc) is 3.67. The molecule has 0 spiro atoms. The Balaban J connectivity index is 1.03. The number of rotatable bonds is 4. The van der Waals surface area contributed by atoms with E-state index < -0.39 is 7.14 Å². The van der Waals surface area contributed by atoms with E-state index in [1.165, 1.54) is 26.9 Å². The van der Waals surface area contributed by atoms with Crippen molar-refractivity contribution in [2.75, 3.05) is 0 Å². The normalized spacial score (nSPS) is 12.3. The molecule has 266 valence electrons. The van der Waals surface area contributed by atoms with Crippen molar-refractivity contribution in [3.8, 4) is 11.1 Å². The van der Waals surface area contributed by atoms with E-state index in [1.54, 1.807) is 0 Å². The summed E-state index contributed by atoms with van der Waals surface area (Å²) < 4.78 is 18.2. The third-order valence-corrected chi connectivity index (χ3v) is 15.0. The van der Waals surface area contributed by atoms with Crippen molar-refractivity contribution < 1.29 is 4.57 Å². The highest BCUT2D eigenvalue weighted by Crippen LogP contribution is 2.45. The Bertz CT molecular complexity index is 3610. The molecule has 2 heterocycles. The van der Waals surface area contributed by atoms with Gasteiger partial charge in [-0.2, -0.15) is 0 Å². The van der Waals surface area contributed by atoms with Gasteiger partial charge in [-0.05, 0) is 108 Å². The van der Waals surface area contributed by atoms with Crippen LogP contribution in [-0.4, -0.2) is 9.38 Å². The van der Waals surface area contributed by atoms with Crippen molar-refractivity contribution in [2.24, 2.45) is 0 Å². The molecule has 0 N–H and O–H groups in total. The summed E-state index contributed by atoms with van der Waals surface area (Å²) in [4.78, 5) is 5.19. The van der Waals surface area contributed by atoms with Crippen LogP contribution in [0, 0.1) is 0 Å². The highest BCUT2D eigenvalue weighted by molar-refractivity contribution is 7.85. The van der Waals surface area contributed by atoms with Crippen molar-refractivity contribution in [2.45, 2.75) is 0 Å². The quantitative estimate of drug-likeness (QED) is 0.133. The molecular weight excluding hydrogens is 712 g/mol. The summed E-state index contributed by atoms with van der Waals surface area (Å²) in [5.41, 5.74) is 6.48. The number of hydrogen-bond donors (Lipinski definition) is 0. The zero-order valence-corrected chi connectivity index (χ0v) is 31.7. The monoisotopic (exact) mass is 744 g/mol. The lowest BCUT2D eigenvalue weighted by molar-refractivity contribution is 0.592. The van der Waals surface area contributed by atoms with E-state index in [2.05, 4.69) is 180 Å². The molecule has 2 aromatic heterocycles. The lowest BCUT2D eigenvalue weighted by Crippen LogP contribution is -2.25. The summed E-state index contributed by atoms with van der Waals surface area (Å²) in [6.45, 7) is 0. The Morgan fingerprint density at radius 2 is 0.877 bits per heavy atom. The molecule has 3 nitrogen and oxygen atoms in total. The molecule has 0 saturated carbocycles. The van der Waals surface area contributed by atoms with Crippen LogP contribution in [0.5, 0.6) is 0 Å². The fourth-order valence-corrected chi connectivity index (χ4v) is 11.8. The highest BCUT2D eigenvalue weighted by Gasteiger charge is 2.31. The largest absolute Gasteiger partial charge is 0.309 e. The Kier molecular flexibility index (Phi) is 6.90. The van der Waals surface area contributed by atoms with Gasteiger partial charge in [-0.15, -0.1) is 0 Å². The third-order valence-electron chi connectivity index (χ3n) is 12.0. The minimum Gasteiger partial charge on any atom is -0.309 e. The van der Waals surface area contributed by atoms with Gasteiger partial charge in [0.25, 0.3) is 0 Å². The minimum absolute atomic E-state index is 0.828. The molecule has 0 aliphatic heterocycles. The first-order valence-electron chi connectivity index (χ1n) is 19.4. The summed E-state index contributed by atoms with van der Waals surface area (Å²) in [7, 11) is -3.27. The Labute approximate surface area is 328 Å². The van der Waals surface area contributed by atoms with Crippen molar-refractivity contribution >= 4 is 105 Å². The van der Waals surface area contributed by atoms with Gasteiger partial charge < -0.3 is 4.57 Å². The van der Waals surface area contributed by atoms with E-state index in [4.69, 9.17) is 4.98 Å². The van der Waals surface area contributed by atoms with Crippen LogP contribution in [0.25, 0.3) is 92.6 Å². The molecule has 10 aromatic carbocycles. The summed E-state index contributed by atoms with van der Waals surface area (Å²) in [5, 5.41) is 15.0. The lowest BCUT2D eigenvalue weighted by Gasteiger charge is -2.22. The summed E-state index contributed by atoms with van der Waals surface area (Å²) in [6.07, 6.45) is 0. The van der Waals surface area contributed by atoms with Crippen LogP contribution in [0.3, 0.4) is 0 Å². The standard InChI is InChI=1S/C53H33N2OP/c56-57(43-24-19-34-9-1-3-12-37(34)30-43,44-25-20-35-10-2-4-13-38(35)31-44)45-26-21-40-29-39(17-18-41(40)32-45)42-23-28-50-48(33-42)47-27-22-36-11-5-6-14-46(36)52(47)53-54-49-15-7-8-16-51(49)55(50)53/h1-33H. The number of aromatic nitrogens is 2. The molecule has 0 fully saturated rings.